The number of nitrogens with one attached hydrogen (secondary N) is 1. The molecule has 1 rings (SSSR count). The summed E-state index contributed by atoms with van der Waals surface area (Å²) in [6.07, 6.45) is 0. The van der Waals surface area contributed by atoms with Gasteiger partial charge in [0, 0.05) is 13.1 Å². The molecule has 1 aromatic carbocycles. The van der Waals surface area contributed by atoms with Gasteiger partial charge in [-0.2, -0.15) is 0 Å². The third kappa shape index (κ3) is 2.76. The van der Waals surface area contributed by atoms with Gasteiger partial charge in [0.2, 0.25) is 0 Å². The highest BCUT2D eigenvalue weighted by atomic mass is 16.2. The van der Waals surface area contributed by atoms with Crippen LogP contribution in [0.15, 0.2) is 24.3 Å². The Kier molecular flexibility index (Phi) is 3.28. The first-order valence-corrected chi connectivity index (χ1v) is 4.04. The van der Waals surface area contributed by atoms with Crippen LogP contribution in [-0.4, -0.2) is 6.03 Å². The van der Waals surface area contributed by atoms with E-state index in [0.29, 0.717) is 13.1 Å². The summed E-state index contributed by atoms with van der Waals surface area (Å²) in [7, 11) is 0. The molecule has 0 unspecified atom stereocenters. The zero-order chi connectivity index (χ0) is 9.68. The zero-order valence-electron chi connectivity index (χ0n) is 7.29. The largest absolute Gasteiger partial charge is 0.352 e. The van der Waals surface area contributed by atoms with Crippen LogP contribution in [0.4, 0.5) is 4.79 Å². The maximum Gasteiger partial charge on any atom is 0.312 e. The average molecular weight is 179 g/mol. The Morgan fingerprint density at radius 1 is 1.31 bits per heavy atom. The van der Waals surface area contributed by atoms with Gasteiger partial charge < -0.3 is 16.8 Å². The van der Waals surface area contributed by atoms with Gasteiger partial charge >= 0.3 is 6.03 Å². The third-order valence-corrected chi connectivity index (χ3v) is 1.79. The maximum absolute atomic E-state index is 10.5. The number of urea groups is 1. The SMILES string of the molecule is NCc1ccccc1CNC(N)=O. The van der Waals surface area contributed by atoms with Gasteiger partial charge in [0.15, 0.2) is 0 Å². The van der Waals surface area contributed by atoms with Crippen LogP contribution < -0.4 is 16.8 Å². The van der Waals surface area contributed by atoms with E-state index >= 15 is 0 Å². The number of primary amides is 1. The molecule has 4 nitrogen and oxygen atoms in total. The highest BCUT2D eigenvalue weighted by Gasteiger charge is 1.99. The number of carbonyl (C=O) groups is 1. The topological polar surface area (TPSA) is 81.1 Å². The van der Waals surface area contributed by atoms with E-state index in [2.05, 4.69) is 5.32 Å². The van der Waals surface area contributed by atoms with Crippen molar-refractivity contribution in [2.45, 2.75) is 13.1 Å². The van der Waals surface area contributed by atoms with Crippen LogP contribution in [0.5, 0.6) is 0 Å². The molecule has 4 heteroatoms. The molecule has 0 radical (unpaired) electrons. The van der Waals surface area contributed by atoms with E-state index in [4.69, 9.17) is 11.5 Å². The van der Waals surface area contributed by atoms with Crippen LogP contribution in [0.2, 0.25) is 0 Å². The summed E-state index contributed by atoms with van der Waals surface area (Å²) >= 11 is 0. The number of rotatable bonds is 3. The number of carbonyl (C=O) groups excluding carboxylic acids is 1. The molecule has 0 aliphatic heterocycles. The van der Waals surface area contributed by atoms with E-state index in [-0.39, 0.29) is 0 Å². The van der Waals surface area contributed by atoms with Gasteiger partial charge in [-0.1, -0.05) is 24.3 Å². The van der Waals surface area contributed by atoms with Gasteiger partial charge in [0.05, 0.1) is 0 Å². The zero-order valence-corrected chi connectivity index (χ0v) is 7.29. The summed E-state index contributed by atoms with van der Waals surface area (Å²) in [6, 6.07) is 7.13. The van der Waals surface area contributed by atoms with E-state index in [1.165, 1.54) is 0 Å². The predicted molar refractivity (Wildman–Crippen MR) is 50.8 cm³/mol. The predicted octanol–water partition coefficient (Wildman–Crippen LogP) is 0.314. The second-order valence-electron chi connectivity index (χ2n) is 2.69. The van der Waals surface area contributed by atoms with Gasteiger partial charge in [-0.05, 0) is 11.1 Å². The monoisotopic (exact) mass is 179 g/mol. The fourth-order valence-corrected chi connectivity index (χ4v) is 1.11. The molecule has 2 amide bonds. The molecule has 0 atom stereocenters. The van der Waals surface area contributed by atoms with Crippen molar-refractivity contribution in [3.8, 4) is 0 Å². The molecule has 0 bridgehead atoms. The standard InChI is InChI=1S/C9H13N3O/c10-5-7-3-1-2-4-8(7)6-12-9(11)13/h1-4H,5-6,10H2,(H3,11,12,13). The molecule has 0 saturated carbocycles. The van der Waals surface area contributed by atoms with Crippen molar-refractivity contribution in [2.24, 2.45) is 11.5 Å². The number of benzene rings is 1. The summed E-state index contributed by atoms with van der Waals surface area (Å²) in [4.78, 5) is 10.5. The number of nitrogens with two attached hydrogens (primary N) is 2. The quantitative estimate of drug-likeness (QED) is 0.624. The minimum Gasteiger partial charge on any atom is -0.352 e. The third-order valence-electron chi connectivity index (χ3n) is 1.79. The molecule has 0 aliphatic rings. The van der Waals surface area contributed by atoms with Gasteiger partial charge in [-0.25, -0.2) is 4.79 Å². The molecular weight excluding hydrogens is 166 g/mol. The highest BCUT2D eigenvalue weighted by molar-refractivity contribution is 5.71. The van der Waals surface area contributed by atoms with Crippen LogP contribution in [-0.2, 0) is 13.1 Å². The smallest absolute Gasteiger partial charge is 0.312 e. The molecule has 1 aromatic rings. The molecule has 0 fully saturated rings. The molecular formula is C9H13N3O. The lowest BCUT2D eigenvalue weighted by atomic mass is 10.1. The van der Waals surface area contributed by atoms with Crippen LogP contribution in [0.1, 0.15) is 11.1 Å². The number of amides is 2. The lowest BCUT2D eigenvalue weighted by Gasteiger charge is -2.06. The fourth-order valence-electron chi connectivity index (χ4n) is 1.11. The first-order chi connectivity index (χ1) is 6.24. The first kappa shape index (κ1) is 9.54. The summed E-state index contributed by atoms with van der Waals surface area (Å²) in [6.45, 7) is 0.902. The number of hydrogen-bond acceptors (Lipinski definition) is 2. The van der Waals surface area contributed by atoms with Crippen LogP contribution in [0.3, 0.4) is 0 Å². The molecule has 5 N–H and O–H groups in total. The Morgan fingerprint density at radius 2 is 1.92 bits per heavy atom. The van der Waals surface area contributed by atoms with Crippen LogP contribution >= 0.6 is 0 Å². The lowest BCUT2D eigenvalue weighted by Crippen LogP contribution is -2.29. The average Bonchev–Trinajstić information content (AvgIpc) is 2.15. The Morgan fingerprint density at radius 3 is 2.46 bits per heavy atom. The number of hydrogen-bond donors (Lipinski definition) is 3. The molecule has 0 spiro atoms. The first-order valence-electron chi connectivity index (χ1n) is 4.04. The van der Waals surface area contributed by atoms with Crippen molar-refractivity contribution in [3.63, 3.8) is 0 Å². The Bertz CT molecular complexity index is 299. The van der Waals surface area contributed by atoms with Crippen molar-refractivity contribution in [2.75, 3.05) is 0 Å². The minimum atomic E-state index is -0.521. The van der Waals surface area contributed by atoms with Gasteiger partial charge in [-0.15, -0.1) is 0 Å². The van der Waals surface area contributed by atoms with Crippen LogP contribution in [0.25, 0.3) is 0 Å². The van der Waals surface area contributed by atoms with Crippen molar-refractivity contribution < 1.29 is 4.79 Å². The van der Waals surface area contributed by atoms with E-state index in [1.807, 2.05) is 24.3 Å². The molecule has 0 heterocycles. The van der Waals surface area contributed by atoms with Crippen molar-refractivity contribution >= 4 is 6.03 Å². The summed E-state index contributed by atoms with van der Waals surface area (Å²) < 4.78 is 0. The molecule has 0 aliphatic carbocycles. The van der Waals surface area contributed by atoms with E-state index in [9.17, 15) is 4.79 Å². The van der Waals surface area contributed by atoms with Crippen molar-refractivity contribution in [1.29, 1.82) is 0 Å². The Labute approximate surface area is 76.9 Å². The molecule has 0 saturated heterocycles. The lowest BCUT2D eigenvalue weighted by molar-refractivity contribution is 0.248. The Balaban J connectivity index is 2.69. The Hall–Kier alpha value is -1.55. The maximum atomic E-state index is 10.5. The van der Waals surface area contributed by atoms with Gasteiger partial charge in [0.25, 0.3) is 0 Å². The summed E-state index contributed by atoms with van der Waals surface area (Å²) in [5.41, 5.74) is 12.5. The molecule has 13 heavy (non-hydrogen) atoms. The van der Waals surface area contributed by atoms with E-state index < -0.39 is 6.03 Å². The van der Waals surface area contributed by atoms with Crippen molar-refractivity contribution in [3.05, 3.63) is 35.4 Å². The van der Waals surface area contributed by atoms with E-state index in [0.717, 1.165) is 11.1 Å². The summed E-state index contributed by atoms with van der Waals surface area (Å²) in [5.74, 6) is 0. The van der Waals surface area contributed by atoms with Gasteiger partial charge in [0.1, 0.15) is 0 Å². The van der Waals surface area contributed by atoms with Crippen molar-refractivity contribution in [1.82, 2.24) is 5.32 Å². The van der Waals surface area contributed by atoms with Crippen LogP contribution in [0, 0.1) is 0 Å². The normalized spacial score (nSPS) is 9.62. The summed E-state index contributed by atoms with van der Waals surface area (Å²) in [5, 5.41) is 2.52. The molecule has 0 aromatic heterocycles. The highest BCUT2D eigenvalue weighted by Crippen LogP contribution is 2.06. The second-order valence-corrected chi connectivity index (χ2v) is 2.69. The molecule has 70 valence electrons. The minimum absolute atomic E-state index is 0.433. The fraction of sp³-hybridized carbons (Fsp3) is 0.222. The van der Waals surface area contributed by atoms with E-state index in [1.54, 1.807) is 0 Å². The van der Waals surface area contributed by atoms with Gasteiger partial charge in [-0.3, -0.25) is 0 Å². The second kappa shape index (κ2) is 4.47.